The van der Waals surface area contributed by atoms with Gasteiger partial charge in [0.05, 0.1) is 0 Å². The maximum Gasteiger partial charge on any atom is 0.331 e. The molecule has 0 saturated heterocycles. The molecule has 2 N–H and O–H groups in total. The van der Waals surface area contributed by atoms with Gasteiger partial charge in [0, 0.05) is 5.56 Å². The fourth-order valence-electron chi connectivity index (χ4n) is 1.25. The number of halogens is 1. The Morgan fingerprint density at radius 3 is 2.80 bits per heavy atom. The first-order valence-electron chi connectivity index (χ1n) is 4.25. The fraction of sp³-hybridized carbons (Fsp3) is 0.200. The smallest absolute Gasteiger partial charge is 0.331 e. The number of amides is 1. The Hall–Kier alpha value is -1.91. The van der Waals surface area contributed by atoms with Crippen molar-refractivity contribution in [2.24, 2.45) is 0 Å². The molecule has 0 fully saturated rings. The maximum atomic E-state index is 13.3. The van der Waals surface area contributed by atoms with Gasteiger partial charge in [-0.3, -0.25) is 4.79 Å². The van der Waals surface area contributed by atoms with Crippen LogP contribution >= 0.6 is 0 Å². The lowest BCUT2D eigenvalue weighted by Crippen LogP contribution is -2.28. The molecular weight excluding hydrogens is 201 g/mol. The Labute approximate surface area is 85.7 Å². The molecule has 0 spiro atoms. The molecule has 5 heteroatoms. The van der Waals surface area contributed by atoms with Crippen LogP contribution in [-0.2, 0) is 9.59 Å². The third kappa shape index (κ3) is 2.52. The van der Waals surface area contributed by atoms with Crippen LogP contribution in [-0.4, -0.2) is 17.5 Å². The highest BCUT2D eigenvalue weighted by atomic mass is 19.1. The van der Waals surface area contributed by atoms with E-state index in [-0.39, 0.29) is 12.0 Å². The number of nitrogens with one attached hydrogen (secondary N) is 1. The zero-order valence-corrected chi connectivity index (χ0v) is 8.03. The molecule has 0 aliphatic rings. The average Bonchev–Trinajstić information content (AvgIpc) is 2.18. The molecule has 1 aromatic carbocycles. The SMILES string of the molecule is Cc1ccc(F)c(C(NC=O)C(=O)O)c1. The monoisotopic (exact) mass is 211 g/mol. The predicted octanol–water partition coefficient (Wildman–Crippen LogP) is 1.01. The minimum Gasteiger partial charge on any atom is -0.479 e. The minimum absolute atomic E-state index is 0.0467. The summed E-state index contributed by atoms with van der Waals surface area (Å²) in [5.41, 5.74) is 0.681. The van der Waals surface area contributed by atoms with Crippen LogP contribution in [0.15, 0.2) is 18.2 Å². The molecule has 0 aromatic heterocycles. The molecule has 0 heterocycles. The van der Waals surface area contributed by atoms with E-state index in [1.165, 1.54) is 18.2 Å². The van der Waals surface area contributed by atoms with Crippen molar-refractivity contribution >= 4 is 12.4 Å². The first kappa shape index (κ1) is 11.2. The van der Waals surface area contributed by atoms with E-state index in [1.807, 2.05) is 5.32 Å². The van der Waals surface area contributed by atoms with E-state index in [2.05, 4.69) is 0 Å². The Morgan fingerprint density at radius 2 is 2.27 bits per heavy atom. The van der Waals surface area contributed by atoms with Gasteiger partial charge in [0.1, 0.15) is 5.82 Å². The summed E-state index contributed by atoms with van der Waals surface area (Å²) >= 11 is 0. The second kappa shape index (κ2) is 4.54. The van der Waals surface area contributed by atoms with Crippen molar-refractivity contribution in [1.29, 1.82) is 0 Å². The number of carbonyl (C=O) groups is 2. The molecule has 1 rings (SSSR count). The second-order valence-corrected chi connectivity index (χ2v) is 3.08. The van der Waals surface area contributed by atoms with Crippen molar-refractivity contribution < 1.29 is 19.1 Å². The van der Waals surface area contributed by atoms with Gasteiger partial charge < -0.3 is 10.4 Å². The molecule has 1 unspecified atom stereocenters. The summed E-state index contributed by atoms with van der Waals surface area (Å²) in [6, 6.07) is 2.75. The van der Waals surface area contributed by atoms with Gasteiger partial charge in [-0.2, -0.15) is 0 Å². The second-order valence-electron chi connectivity index (χ2n) is 3.08. The first-order valence-corrected chi connectivity index (χ1v) is 4.25. The Kier molecular flexibility index (Phi) is 3.38. The van der Waals surface area contributed by atoms with Crippen LogP contribution in [0, 0.1) is 12.7 Å². The average molecular weight is 211 g/mol. The molecule has 80 valence electrons. The third-order valence-corrected chi connectivity index (χ3v) is 1.94. The third-order valence-electron chi connectivity index (χ3n) is 1.94. The molecule has 1 atom stereocenters. The van der Waals surface area contributed by atoms with Gasteiger partial charge >= 0.3 is 5.97 Å². The fourth-order valence-corrected chi connectivity index (χ4v) is 1.25. The number of carbonyl (C=O) groups excluding carboxylic acids is 1. The molecule has 1 aromatic rings. The van der Waals surface area contributed by atoms with Crippen molar-refractivity contribution in [2.75, 3.05) is 0 Å². The van der Waals surface area contributed by atoms with Crippen molar-refractivity contribution in [1.82, 2.24) is 5.32 Å². The molecule has 0 saturated carbocycles. The van der Waals surface area contributed by atoms with Crippen LogP contribution in [0.5, 0.6) is 0 Å². The summed E-state index contributed by atoms with van der Waals surface area (Å²) in [5.74, 6) is -1.95. The minimum atomic E-state index is -1.35. The number of carboxylic acid groups (broad SMARTS) is 1. The van der Waals surface area contributed by atoms with E-state index in [0.29, 0.717) is 0 Å². The molecule has 0 radical (unpaired) electrons. The van der Waals surface area contributed by atoms with Crippen LogP contribution in [0.25, 0.3) is 0 Å². The topological polar surface area (TPSA) is 66.4 Å². The molecule has 15 heavy (non-hydrogen) atoms. The van der Waals surface area contributed by atoms with Gasteiger partial charge in [0.15, 0.2) is 6.04 Å². The van der Waals surface area contributed by atoms with Crippen molar-refractivity contribution in [3.05, 3.63) is 35.1 Å². The Balaban J connectivity index is 3.15. The standard InChI is InChI=1S/C10H10FNO3/c1-6-2-3-8(11)7(4-6)9(10(14)15)12-5-13/h2-5,9H,1H3,(H,12,13)(H,14,15). The summed E-state index contributed by atoms with van der Waals surface area (Å²) in [6.07, 6.45) is 0.237. The summed E-state index contributed by atoms with van der Waals surface area (Å²) in [7, 11) is 0. The number of rotatable bonds is 4. The summed E-state index contributed by atoms with van der Waals surface area (Å²) in [6.45, 7) is 1.71. The largest absolute Gasteiger partial charge is 0.479 e. The van der Waals surface area contributed by atoms with E-state index >= 15 is 0 Å². The van der Waals surface area contributed by atoms with Crippen molar-refractivity contribution in [3.63, 3.8) is 0 Å². The van der Waals surface area contributed by atoms with Crippen LogP contribution in [0.2, 0.25) is 0 Å². The molecule has 0 aliphatic heterocycles. The lowest BCUT2D eigenvalue weighted by molar-refractivity contribution is -0.140. The molecule has 0 aliphatic carbocycles. The molecule has 4 nitrogen and oxygen atoms in total. The highest BCUT2D eigenvalue weighted by Crippen LogP contribution is 2.18. The van der Waals surface area contributed by atoms with Crippen LogP contribution in [0.1, 0.15) is 17.2 Å². The number of aryl methyl sites for hydroxylation is 1. The van der Waals surface area contributed by atoms with Crippen LogP contribution in [0.4, 0.5) is 4.39 Å². The van der Waals surface area contributed by atoms with E-state index in [4.69, 9.17) is 5.11 Å². The quantitative estimate of drug-likeness (QED) is 0.730. The zero-order valence-electron chi connectivity index (χ0n) is 8.03. The maximum absolute atomic E-state index is 13.3. The highest BCUT2D eigenvalue weighted by molar-refractivity contribution is 5.78. The van der Waals surface area contributed by atoms with Gasteiger partial charge in [-0.05, 0) is 13.0 Å². The van der Waals surface area contributed by atoms with Gasteiger partial charge in [0.2, 0.25) is 6.41 Å². The first-order chi connectivity index (χ1) is 7.06. The van der Waals surface area contributed by atoms with Crippen LogP contribution < -0.4 is 5.32 Å². The van der Waals surface area contributed by atoms with E-state index in [1.54, 1.807) is 6.92 Å². The van der Waals surface area contributed by atoms with E-state index < -0.39 is 17.8 Å². The number of aliphatic carboxylic acids is 1. The Morgan fingerprint density at radius 1 is 1.60 bits per heavy atom. The number of hydrogen-bond donors (Lipinski definition) is 2. The lowest BCUT2D eigenvalue weighted by Gasteiger charge is -2.12. The van der Waals surface area contributed by atoms with Crippen LogP contribution in [0.3, 0.4) is 0 Å². The summed E-state index contributed by atoms with van der Waals surface area (Å²) in [4.78, 5) is 21.0. The van der Waals surface area contributed by atoms with Crippen molar-refractivity contribution in [2.45, 2.75) is 13.0 Å². The van der Waals surface area contributed by atoms with Gasteiger partial charge in [0.25, 0.3) is 0 Å². The number of benzene rings is 1. The predicted molar refractivity (Wildman–Crippen MR) is 50.7 cm³/mol. The summed E-state index contributed by atoms with van der Waals surface area (Å²) < 4.78 is 13.3. The Bertz CT molecular complexity index is 392. The molecule has 0 bridgehead atoms. The lowest BCUT2D eigenvalue weighted by atomic mass is 10.0. The van der Waals surface area contributed by atoms with E-state index in [0.717, 1.165) is 5.56 Å². The van der Waals surface area contributed by atoms with Gasteiger partial charge in [-0.15, -0.1) is 0 Å². The van der Waals surface area contributed by atoms with E-state index in [9.17, 15) is 14.0 Å². The van der Waals surface area contributed by atoms with Crippen molar-refractivity contribution in [3.8, 4) is 0 Å². The van der Waals surface area contributed by atoms with Gasteiger partial charge in [-0.25, -0.2) is 9.18 Å². The highest BCUT2D eigenvalue weighted by Gasteiger charge is 2.22. The summed E-state index contributed by atoms with van der Waals surface area (Å²) in [5, 5.41) is 10.8. The number of carboxylic acids is 1. The number of hydrogen-bond acceptors (Lipinski definition) is 2. The normalized spacial score (nSPS) is 11.9. The zero-order chi connectivity index (χ0) is 11.4. The molecular formula is C10H10FNO3. The molecule has 1 amide bonds. The van der Waals surface area contributed by atoms with Gasteiger partial charge in [-0.1, -0.05) is 17.7 Å².